The van der Waals surface area contributed by atoms with Gasteiger partial charge < -0.3 is 15.0 Å². The van der Waals surface area contributed by atoms with E-state index in [2.05, 4.69) is 34.8 Å². The first kappa shape index (κ1) is 12.6. The van der Waals surface area contributed by atoms with E-state index in [-0.39, 0.29) is 0 Å². The number of nitrogens with zero attached hydrogens (tertiary/aromatic N) is 1. The molecule has 1 rings (SSSR count). The molecule has 15 heavy (non-hydrogen) atoms. The predicted molar refractivity (Wildman–Crippen MR) is 65.4 cm³/mol. The van der Waals surface area contributed by atoms with E-state index < -0.39 is 0 Å². The van der Waals surface area contributed by atoms with E-state index in [4.69, 9.17) is 4.74 Å². The van der Waals surface area contributed by atoms with Crippen LogP contribution in [-0.2, 0) is 11.3 Å². The number of likely N-dealkylation sites (N-methyl/N-ethyl adjacent to an activating group) is 1. The summed E-state index contributed by atoms with van der Waals surface area (Å²) in [6.45, 7) is 4.88. The fraction of sp³-hybridized carbons (Fsp3) is 0.636. The van der Waals surface area contributed by atoms with Crippen LogP contribution in [0.2, 0.25) is 0 Å². The Balaban J connectivity index is 1.97. The maximum Gasteiger partial charge on any atom is 0.0589 e. The van der Waals surface area contributed by atoms with Crippen molar-refractivity contribution in [2.24, 2.45) is 0 Å². The Morgan fingerprint density at radius 3 is 3.00 bits per heavy atom. The first-order valence-electron chi connectivity index (χ1n) is 5.23. The van der Waals surface area contributed by atoms with Gasteiger partial charge in [-0.2, -0.15) is 0 Å². The van der Waals surface area contributed by atoms with Gasteiger partial charge >= 0.3 is 0 Å². The second-order valence-corrected chi connectivity index (χ2v) is 4.58. The predicted octanol–water partition coefficient (Wildman–Crippen LogP) is 1.42. The second-order valence-electron chi connectivity index (χ2n) is 3.55. The molecule has 1 N–H and O–H groups in total. The average Bonchev–Trinajstić information content (AvgIpc) is 2.74. The van der Waals surface area contributed by atoms with Gasteiger partial charge in [-0.05, 0) is 18.5 Å². The molecule has 0 bridgehead atoms. The van der Waals surface area contributed by atoms with E-state index in [0.29, 0.717) is 0 Å². The maximum absolute atomic E-state index is 5.02. The minimum atomic E-state index is 0.807. The summed E-state index contributed by atoms with van der Waals surface area (Å²) in [5.41, 5.74) is 0. The van der Waals surface area contributed by atoms with Gasteiger partial charge in [0.1, 0.15) is 0 Å². The quantitative estimate of drug-likeness (QED) is 0.681. The summed E-state index contributed by atoms with van der Waals surface area (Å²) < 4.78 is 5.02. The molecule has 0 unspecified atom stereocenters. The summed E-state index contributed by atoms with van der Waals surface area (Å²) in [6, 6.07) is 4.25. The molecule has 0 aliphatic carbocycles. The lowest BCUT2D eigenvalue weighted by Crippen LogP contribution is -2.31. The number of thiophene rings is 1. The Kier molecular flexibility index (Phi) is 6.59. The molecule has 0 amide bonds. The van der Waals surface area contributed by atoms with E-state index in [9.17, 15) is 0 Å². The van der Waals surface area contributed by atoms with Crippen molar-refractivity contribution in [2.45, 2.75) is 6.54 Å². The molecule has 0 saturated heterocycles. The number of hydrogen-bond acceptors (Lipinski definition) is 4. The van der Waals surface area contributed by atoms with Crippen molar-refractivity contribution in [2.75, 3.05) is 40.4 Å². The number of ether oxygens (including phenoxy) is 1. The monoisotopic (exact) mass is 228 g/mol. The van der Waals surface area contributed by atoms with Crippen LogP contribution >= 0.6 is 11.3 Å². The van der Waals surface area contributed by atoms with Crippen LogP contribution in [-0.4, -0.2) is 45.3 Å². The van der Waals surface area contributed by atoms with E-state index in [0.717, 1.165) is 32.8 Å². The topological polar surface area (TPSA) is 24.5 Å². The Morgan fingerprint density at radius 1 is 1.47 bits per heavy atom. The van der Waals surface area contributed by atoms with Crippen molar-refractivity contribution in [1.29, 1.82) is 0 Å². The molecule has 0 aliphatic heterocycles. The van der Waals surface area contributed by atoms with Gasteiger partial charge in [0.05, 0.1) is 6.61 Å². The Hall–Kier alpha value is -0.420. The first-order valence-corrected chi connectivity index (χ1v) is 6.11. The van der Waals surface area contributed by atoms with Crippen LogP contribution < -0.4 is 5.32 Å². The molecule has 0 spiro atoms. The Morgan fingerprint density at radius 2 is 2.33 bits per heavy atom. The molecule has 0 atom stereocenters. The van der Waals surface area contributed by atoms with Crippen molar-refractivity contribution in [3.63, 3.8) is 0 Å². The van der Waals surface area contributed by atoms with E-state index in [1.54, 1.807) is 18.4 Å². The molecule has 0 fully saturated rings. The van der Waals surface area contributed by atoms with Crippen LogP contribution in [0.3, 0.4) is 0 Å². The van der Waals surface area contributed by atoms with Gasteiger partial charge in [-0.3, -0.25) is 0 Å². The van der Waals surface area contributed by atoms with Crippen LogP contribution in [0.1, 0.15) is 4.88 Å². The third kappa shape index (κ3) is 5.89. The average molecular weight is 228 g/mol. The molecular weight excluding hydrogens is 208 g/mol. The van der Waals surface area contributed by atoms with Gasteiger partial charge in [-0.15, -0.1) is 11.3 Å². The fourth-order valence-electron chi connectivity index (χ4n) is 1.25. The highest BCUT2D eigenvalue weighted by Crippen LogP contribution is 2.06. The summed E-state index contributed by atoms with van der Waals surface area (Å²) in [5, 5.41) is 5.54. The molecule has 0 radical (unpaired) electrons. The molecule has 86 valence electrons. The normalized spacial score (nSPS) is 11.1. The molecule has 0 saturated carbocycles. The highest BCUT2D eigenvalue weighted by molar-refractivity contribution is 7.09. The number of nitrogens with one attached hydrogen (secondary N) is 1. The van der Waals surface area contributed by atoms with Gasteiger partial charge in [0.25, 0.3) is 0 Å². The molecule has 0 aromatic carbocycles. The minimum absolute atomic E-state index is 0.807. The van der Waals surface area contributed by atoms with Crippen LogP contribution in [0.25, 0.3) is 0 Å². The maximum atomic E-state index is 5.02. The zero-order valence-electron chi connectivity index (χ0n) is 9.53. The molecule has 1 aromatic heterocycles. The van der Waals surface area contributed by atoms with Gasteiger partial charge in [0, 0.05) is 38.2 Å². The summed E-state index contributed by atoms with van der Waals surface area (Å²) in [5.74, 6) is 0. The van der Waals surface area contributed by atoms with Crippen molar-refractivity contribution in [3.05, 3.63) is 22.4 Å². The molecule has 0 aliphatic rings. The first-order chi connectivity index (χ1) is 7.33. The van der Waals surface area contributed by atoms with Crippen LogP contribution in [0.15, 0.2) is 17.5 Å². The summed E-state index contributed by atoms with van der Waals surface area (Å²) in [7, 11) is 3.86. The minimum Gasteiger partial charge on any atom is -0.383 e. The van der Waals surface area contributed by atoms with Crippen molar-refractivity contribution < 1.29 is 4.74 Å². The lowest BCUT2D eigenvalue weighted by atomic mass is 10.4. The zero-order valence-corrected chi connectivity index (χ0v) is 10.3. The van der Waals surface area contributed by atoms with Crippen molar-refractivity contribution >= 4 is 11.3 Å². The largest absolute Gasteiger partial charge is 0.383 e. The summed E-state index contributed by atoms with van der Waals surface area (Å²) in [6.07, 6.45) is 0. The number of rotatable bonds is 8. The third-order valence-electron chi connectivity index (χ3n) is 2.23. The highest BCUT2D eigenvalue weighted by atomic mass is 32.1. The Labute approximate surface area is 96.0 Å². The zero-order chi connectivity index (χ0) is 10.9. The standard InChI is InChI=1S/C11H20N2OS/c1-13(7-8-14-2)6-5-12-10-11-4-3-9-15-11/h3-4,9,12H,5-8,10H2,1-2H3. The number of methoxy groups -OCH3 is 1. The SMILES string of the molecule is COCCN(C)CCNCc1cccs1. The van der Waals surface area contributed by atoms with Gasteiger partial charge in [0.2, 0.25) is 0 Å². The molecular formula is C11H20N2OS. The molecule has 4 heteroatoms. The lowest BCUT2D eigenvalue weighted by Gasteiger charge is -2.15. The van der Waals surface area contributed by atoms with Crippen molar-refractivity contribution in [1.82, 2.24) is 10.2 Å². The van der Waals surface area contributed by atoms with Gasteiger partial charge in [0.15, 0.2) is 0 Å². The van der Waals surface area contributed by atoms with Crippen molar-refractivity contribution in [3.8, 4) is 0 Å². The van der Waals surface area contributed by atoms with E-state index >= 15 is 0 Å². The third-order valence-corrected chi connectivity index (χ3v) is 3.10. The summed E-state index contributed by atoms with van der Waals surface area (Å²) in [4.78, 5) is 3.67. The van der Waals surface area contributed by atoms with E-state index in [1.807, 2.05) is 0 Å². The fourth-order valence-corrected chi connectivity index (χ4v) is 1.93. The summed E-state index contributed by atoms with van der Waals surface area (Å²) >= 11 is 1.80. The van der Waals surface area contributed by atoms with E-state index in [1.165, 1.54) is 4.88 Å². The molecule has 3 nitrogen and oxygen atoms in total. The number of hydrogen-bond donors (Lipinski definition) is 1. The van der Waals surface area contributed by atoms with Gasteiger partial charge in [-0.1, -0.05) is 6.07 Å². The smallest absolute Gasteiger partial charge is 0.0589 e. The molecule has 1 aromatic rings. The second kappa shape index (κ2) is 7.82. The van der Waals surface area contributed by atoms with Crippen LogP contribution in [0.5, 0.6) is 0 Å². The lowest BCUT2D eigenvalue weighted by molar-refractivity contribution is 0.161. The van der Waals surface area contributed by atoms with Crippen LogP contribution in [0, 0.1) is 0 Å². The molecule has 1 heterocycles. The van der Waals surface area contributed by atoms with Gasteiger partial charge in [-0.25, -0.2) is 0 Å². The Bertz CT molecular complexity index is 239. The highest BCUT2D eigenvalue weighted by Gasteiger charge is 1.97. The van der Waals surface area contributed by atoms with Crippen LogP contribution in [0.4, 0.5) is 0 Å².